The molecular formula is C22H33N2. The van der Waals surface area contributed by atoms with Crippen LogP contribution >= 0.6 is 0 Å². The molecule has 0 amide bonds. The van der Waals surface area contributed by atoms with Crippen LogP contribution in [0.15, 0.2) is 18.2 Å². The Labute approximate surface area is 148 Å². The molecule has 1 unspecified atom stereocenters. The van der Waals surface area contributed by atoms with Gasteiger partial charge in [0.05, 0.1) is 0 Å². The standard InChI is InChI=1S/C22H33N2/c1-4-14-23(15-5-1)18-19-12-16-24(17-13-19)22-10-8-20-6-2-3-7-21(20)9-11-22/h2,6-7,19,22H,1,4-5,8-18H2. The van der Waals surface area contributed by atoms with Crippen LogP contribution in [0, 0.1) is 12.0 Å². The predicted octanol–water partition coefficient (Wildman–Crippen LogP) is 3.93. The molecule has 0 aromatic heterocycles. The fourth-order valence-corrected chi connectivity index (χ4v) is 5.14. The molecule has 1 atom stereocenters. The topological polar surface area (TPSA) is 6.48 Å². The zero-order chi connectivity index (χ0) is 16.2. The quantitative estimate of drug-likeness (QED) is 0.777. The molecule has 2 saturated heterocycles. The number of likely N-dealkylation sites (tertiary alicyclic amines) is 2. The van der Waals surface area contributed by atoms with Crippen LogP contribution in [0.4, 0.5) is 0 Å². The minimum Gasteiger partial charge on any atom is -0.303 e. The van der Waals surface area contributed by atoms with Crippen molar-refractivity contribution in [2.24, 2.45) is 5.92 Å². The summed E-state index contributed by atoms with van der Waals surface area (Å²) < 4.78 is 0. The highest BCUT2D eigenvalue weighted by Crippen LogP contribution is 2.28. The van der Waals surface area contributed by atoms with Crippen LogP contribution in [-0.4, -0.2) is 48.6 Å². The first kappa shape index (κ1) is 16.6. The van der Waals surface area contributed by atoms with Crippen molar-refractivity contribution < 1.29 is 0 Å². The molecule has 24 heavy (non-hydrogen) atoms. The summed E-state index contributed by atoms with van der Waals surface area (Å²) in [5, 5.41) is 0. The number of fused-ring (bicyclic) bond motifs is 1. The Morgan fingerprint density at radius 2 is 1.62 bits per heavy atom. The second-order valence-electron chi connectivity index (χ2n) is 8.27. The van der Waals surface area contributed by atoms with E-state index in [4.69, 9.17) is 0 Å². The maximum Gasteiger partial charge on any atom is 0.0102 e. The number of piperidine rings is 2. The summed E-state index contributed by atoms with van der Waals surface area (Å²) in [6, 6.07) is 10.7. The van der Waals surface area contributed by atoms with Crippen molar-refractivity contribution in [1.29, 1.82) is 0 Å². The van der Waals surface area contributed by atoms with Crippen LogP contribution in [0.2, 0.25) is 0 Å². The zero-order valence-electron chi connectivity index (χ0n) is 15.2. The Hall–Kier alpha value is -0.860. The van der Waals surface area contributed by atoms with E-state index < -0.39 is 0 Å². The van der Waals surface area contributed by atoms with Crippen molar-refractivity contribution in [3.63, 3.8) is 0 Å². The molecule has 3 aliphatic rings. The van der Waals surface area contributed by atoms with Gasteiger partial charge in [-0.3, -0.25) is 0 Å². The molecule has 1 aliphatic carbocycles. The van der Waals surface area contributed by atoms with Crippen molar-refractivity contribution in [2.45, 2.75) is 63.8 Å². The van der Waals surface area contributed by atoms with Crippen molar-refractivity contribution in [3.05, 3.63) is 35.4 Å². The van der Waals surface area contributed by atoms with Crippen LogP contribution in [0.1, 0.15) is 56.1 Å². The predicted molar refractivity (Wildman–Crippen MR) is 100 cm³/mol. The van der Waals surface area contributed by atoms with Gasteiger partial charge in [0.25, 0.3) is 0 Å². The fraction of sp³-hybridized carbons (Fsp3) is 0.727. The van der Waals surface area contributed by atoms with Gasteiger partial charge in [0.15, 0.2) is 0 Å². The van der Waals surface area contributed by atoms with Gasteiger partial charge in [0.1, 0.15) is 0 Å². The summed E-state index contributed by atoms with van der Waals surface area (Å²) in [5.74, 6) is 0.955. The molecule has 131 valence electrons. The second kappa shape index (κ2) is 8.01. The Balaban J connectivity index is 1.25. The smallest absolute Gasteiger partial charge is 0.0102 e. The van der Waals surface area contributed by atoms with Crippen LogP contribution in [0.3, 0.4) is 0 Å². The first-order valence-corrected chi connectivity index (χ1v) is 10.3. The third-order valence-electron chi connectivity index (χ3n) is 6.68. The molecule has 0 N–H and O–H groups in total. The number of hydrogen-bond acceptors (Lipinski definition) is 2. The zero-order valence-corrected chi connectivity index (χ0v) is 15.2. The number of benzene rings is 1. The van der Waals surface area contributed by atoms with E-state index in [1.165, 1.54) is 90.5 Å². The fourth-order valence-electron chi connectivity index (χ4n) is 5.14. The van der Waals surface area contributed by atoms with Crippen LogP contribution in [0.25, 0.3) is 0 Å². The molecule has 1 aromatic rings. The van der Waals surface area contributed by atoms with E-state index in [1.807, 2.05) is 0 Å². The van der Waals surface area contributed by atoms with E-state index in [2.05, 4.69) is 34.1 Å². The summed E-state index contributed by atoms with van der Waals surface area (Å²) >= 11 is 0. The van der Waals surface area contributed by atoms with Crippen molar-refractivity contribution in [3.8, 4) is 0 Å². The largest absolute Gasteiger partial charge is 0.303 e. The summed E-state index contributed by atoms with van der Waals surface area (Å²) in [5.41, 5.74) is 3.14. The van der Waals surface area contributed by atoms with Gasteiger partial charge in [-0.25, -0.2) is 0 Å². The average molecular weight is 326 g/mol. The Bertz CT molecular complexity index is 485. The van der Waals surface area contributed by atoms with E-state index in [1.54, 1.807) is 11.1 Å². The van der Waals surface area contributed by atoms with E-state index in [0.29, 0.717) is 0 Å². The van der Waals surface area contributed by atoms with Crippen molar-refractivity contribution in [1.82, 2.24) is 9.80 Å². The van der Waals surface area contributed by atoms with Crippen molar-refractivity contribution in [2.75, 3.05) is 32.7 Å². The highest BCUT2D eigenvalue weighted by molar-refractivity contribution is 5.28. The molecule has 2 nitrogen and oxygen atoms in total. The number of hydrogen-bond donors (Lipinski definition) is 0. The van der Waals surface area contributed by atoms with Gasteiger partial charge >= 0.3 is 0 Å². The minimum absolute atomic E-state index is 0.813. The van der Waals surface area contributed by atoms with Gasteiger partial charge in [-0.05, 0) is 101 Å². The van der Waals surface area contributed by atoms with Crippen LogP contribution in [0.5, 0.6) is 0 Å². The third kappa shape index (κ3) is 4.03. The Morgan fingerprint density at radius 3 is 2.42 bits per heavy atom. The maximum absolute atomic E-state index is 3.27. The Kier molecular flexibility index (Phi) is 5.54. The van der Waals surface area contributed by atoms with E-state index in [-0.39, 0.29) is 0 Å². The lowest BCUT2D eigenvalue weighted by Gasteiger charge is -2.39. The molecule has 2 heteroatoms. The lowest BCUT2D eigenvalue weighted by molar-refractivity contribution is 0.0969. The number of nitrogens with zero attached hydrogens (tertiary/aromatic N) is 2. The van der Waals surface area contributed by atoms with Gasteiger partial charge in [0, 0.05) is 12.6 Å². The first-order chi connectivity index (χ1) is 11.9. The lowest BCUT2D eigenvalue weighted by atomic mass is 9.93. The summed E-state index contributed by atoms with van der Waals surface area (Å²) in [6.45, 7) is 6.77. The molecule has 1 aromatic carbocycles. The lowest BCUT2D eigenvalue weighted by Crippen LogP contribution is -2.44. The molecule has 2 heterocycles. The summed E-state index contributed by atoms with van der Waals surface area (Å²) in [7, 11) is 0. The second-order valence-corrected chi connectivity index (χ2v) is 8.27. The number of rotatable bonds is 3. The monoisotopic (exact) mass is 325 g/mol. The first-order valence-electron chi connectivity index (χ1n) is 10.3. The molecule has 2 fully saturated rings. The van der Waals surface area contributed by atoms with Crippen LogP contribution < -0.4 is 0 Å². The normalized spacial score (nSPS) is 25.3. The summed E-state index contributed by atoms with van der Waals surface area (Å²) in [4.78, 5) is 5.56. The maximum atomic E-state index is 3.27. The van der Waals surface area contributed by atoms with Crippen molar-refractivity contribution >= 4 is 0 Å². The van der Waals surface area contributed by atoms with Gasteiger partial charge < -0.3 is 9.80 Å². The van der Waals surface area contributed by atoms with Gasteiger partial charge in [-0.2, -0.15) is 0 Å². The molecule has 0 bridgehead atoms. The van der Waals surface area contributed by atoms with Gasteiger partial charge in [0.2, 0.25) is 0 Å². The molecule has 4 rings (SSSR count). The number of aryl methyl sites for hydroxylation is 2. The van der Waals surface area contributed by atoms with Crippen LogP contribution in [-0.2, 0) is 12.8 Å². The minimum atomic E-state index is 0.813. The average Bonchev–Trinajstić information content (AvgIpc) is 2.86. The highest BCUT2D eigenvalue weighted by Gasteiger charge is 2.27. The molecular weight excluding hydrogens is 292 g/mol. The molecule has 0 spiro atoms. The molecule has 0 saturated carbocycles. The van der Waals surface area contributed by atoms with E-state index in [9.17, 15) is 0 Å². The Morgan fingerprint density at radius 1 is 0.875 bits per heavy atom. The van der Waals surface area contributed by atoms with Gasteiger partial charge in [-0.1, -0.05) is 24.6 Å². The van der Waals surface area contributed by atoms with E-state index in [0.717, 1.165) is 12.0 Å². The van der Waals surface area contributed by atoms with E-state index >= 15 is 0 Å². The molecule has 1 radical (unpaired) electrons. The highest BCUT2D eigenvalue weighted by atomic mass is 15.2. The summed E-state index contributed by atoms with van der Waals surface area (Å²) in [6.07, 6.45) is 12.4. The molecule has 2 aliphatic heterocycles. The van der Waals surface area contributed by atoms with Gasteiger partial charge in [-0.15, -0.1) is 0 Å². The SMILES string of the molecule is [c]1ccc2c(c1)CCC(N1CCC(CN3CCCCC3)CC1)CC2. The third-order valence-corrected chi connectivity index (χ3v) is 6.68.